The zero-order chi connectivity index (χ0) is 9.97. The maximum atomic E-state index is 5.13. The van der Waals surface area contributed by atoms with Gasteiger partial charge in [0.15, 0.2) is 6.33 Å². The lowest BCUT2D eigenvalue weighted by Crippen LogP contribution is -1.87. The Labute approximate surface area is 82.8 Å². The molecule has 1 aromatic heterocycles. The van der Waals surface area contributed by atoms with Crippen LogP contribution in [0.2, 0.25) is 0 Å². The zero-order valence-corrected chi connectivity index (χ0v) is 8.16. The summed E-state index contributed by atoms with van der Waals surface area (Å²) in [5.41, 5.74) is 3.26. The van der Waals surface area contributed by atoms with Crippen molar-refractivity contribution in [3.05, 3.63) is 36.3 Å². The van der Waals surface area contributed by atoms with Crippen LogP contribution in [0.1, 0.15) is 5.56 Å². The second-order valence-electron chi connectivity index (χ2n) is 3.09. The van der Waals surface area contributed by atoms with E-state index in [1.54, 1.807) is 13.3 Å². The van der Waals surface area contributed by atoms with E-state index in [-0.39, 0.29) is 0 Å². The first kappa shape index (κ1) is 8.81. The van der Waals surface area contributed by atoms with Crippen molar-refractivity contribution in [3.63, 3.8) is 0 Å². The molecule has 0 aliphatic heterocycles. The van der Waals surface area contributed by atoms with Crippen LogP contribution >= 0.6 is 0 Å². The third kappa shape index (κ3) is 1.48. The summed E-state index contributed by atoms with van der Waals surface area (Å²) < 4.78 is 5.13. The molecule has 1 aromatic carbocycles. The molecule has 0 aliphatic carbocycles. The van der Waals surface area contributed by atoms with Crippen LogP contribution in [0, 0.1) is 13.3 Å². The van der Waals surface area contributed by atoms with E-state index in [4.69, 9.17) is 4.74 Å². The lowest BCUT2D eigenvalue weighted by molar-refractivity contribution is 0.414. The predicted octanol–water partition coefficient (Wildman–Crippen LogP) is 2.19. The fourth-order valence-corrected chi connectivity index (χ4v) is 1.42. The van der Waals surface area contributed by atoms with Gasteiger partial charge in [-0.05, 0) is 30.7 Å². The monoisotopic (exact) mass is 187 g/mol. The Morgan fingerprint density at radius 3 is 2.86 bits per heavy atom. The molecule has 0 aliphatic rings. The lowest BCUT2D eigenvalue weighted by atomic mass is 10.1. The van der Waals surface area contributed by atoms with Crippen LogP contribution in [-0.2, 0) is 0 Å². The average molecular weight is 187 g/mol. The molecule has 3 nitrogen and oxygen atoms in total. The van der Waals surface area contributed by atoms with Gasteiger partial charge in [0.05, 0.1) is 19.0 Å². The molecule has 2 aromatic rings. The highest BCUT2D eigenvalue weighted by molar-refractivity contribution is 5.63. The van der Waals surface area contributed by atoms with Gasteiger partial charge >= 0.3 is 0 Å². The van der Waals surface area contributed by atoms with E-state index >= 15 is 0 Å². The molecule has 0 amide bonds. The van der Waals surface area contributed by atoms with E-state index in [0.717, 1.165) is 22.6 Å². The Kier molecular flexibility index (Phi) is 2.23. The van der Waals surface area contributed by atoms with Crippen LogP contribution in [0.5, 0.6) is 5.75 Å². The molecule has 0 fully saturated rings. The summed E-state index contributed by atoms with van der Waals surface area (Å²) in [6, 6.07) is 5.94. The number of nitrogens with zero attached hydrogens (tertiary/aromatic N) is 1. The highest BCUT2D eigenvalue weighted by Gasteiger charge is 2.03. The highest BCUT2D eigenvalue weighted by atomic mass is 16.5. The van der Waals surface area contributed by atoms with Crippen molar-refractivity contribution >= 4 is 0 Å². The van der Waals surface area contributed by atoms with Gasteiger partial charge in [-0.3, -0.25) is 0 Å². The number of aryl methyl sites for hydroxylation is 1. The molecule has 0 unspecified atom stereocenters. The molecule has 0 spiro atoms. The standard InChI is InChI=1S/C11H11N2O/c1-8-5-9(14-2)3-4-10(8)11-6-12-7-13-11/h3-6H,1-2H3,(H,12,13). The van der Waals surface area contributed by atoms with Gasteiger partial charge < -0.3 is 9.72 Å². The molecule has 14 heavy (non-hydrogen) atoms. The van der Waals surface area contributed by atoms with Crippen LogP contribution in [-0.4, -0.2) is 17.1 Å². The smallest absolute Gasteiger partial charge is 0.174 e. The van der Waals surface area contributed by atoms with E-state index in [1.807, 2.05) is 25.1 Å². The Bertz CT molecular complexity index is 421. The number of H-pyrrole nitrogens is 1. The van der Waals surface area contributed by atoms with Crippen molar-refractivity contribution in [1.29, 1.82) is 0 Å². The fourth-order valence-electron chi connectivity index (χ4n) is 1.42. The SMILES string of the molecule is COc1ccc(-c2cn[c][nH]2)c(C)c1. The fraction of sp³-hybridized carbons (Fsp3) is 0.182. The Hall–Kier alpha value is -1.77. The van der Waals surface area contributed by atoms with Gasteiger partial charge in [0.2, 0.25) is 0 Å². The number of rotatable bonds is 2. The van der Waals surface area contributed by atoms with Crippen LogP contribution in [0.15, 0.2) is 24.4 Å². The molecule has 0 atom stereocenters. The summed E-state index contributed by atoms with van der Waals surface area (Å²) in [5, 5.41) is 0. The number of hydrogen-bond acceptors (Lipinski definition) is 2. The third-order valence-electron chi connectivity index (χ3n) is 2.17. The van der Waals surface area contributed by atoms with E-state index in [1.165, 1.54) is 0 Å². The summed E-state index contributed by atoms with van der Waals surface area (Å²) in [6.45, 7) is 2.04. The average Bonchev–Trinajstić information content (AvgIpc) is 2.70. The number of aromatic nitrogens is 2. The second kappa shape index (κ2) is 3.54. The van der Waals surface area contributed by atoms with E-state index in [2.05, 4.69) is 16.3 Å². The Morgan fingerprint density at radius 2 is 2.29 bits per heavy atom. The number of aromatic amines is 1. The molecule has 0 saturated carbocycles. The maximum absolute atomic E-state index is 5.13. The molecule has 0 saturated heterocycles. The van der Waals surface area contributed by atoms with Crippen molar-refractivity contribution < 1.29 is 4.74 Å². The van der Waals surface area contributed by atoms with Gasteiger partial charge in [0, 0.05) is 5.56 Å². The molecule has 2 rings (SSSR count). The minimum absolute atomic E-state index is 0.870. The molecular weight excluding hydrogens is 176 g/mol. The number of benzene rings is 1. The maximum Gasteiger partial charge on any atom is 0.174 e. The van der Waals surface area contributed by atoms with Gasteiger partial charge in [-0.1, -0.05) is 0 Å². The molecule has 1 N–H and O–H groups in total. The molecule has 3 heteroatoms. The number of methoxy groups -OCH3 is 1. The number of nitrogens with one attached hydrogen (secondary N) is 1. The first-order chi connectivity index (χ1) is 6.81. The molecule has 1 heterocycles. The Morgan fingerprint density at radius 1 is 1.43 bits per heavy atom. The summed E-state index contributed by atoms with van der Waals surface area (Å²) in [5.74, 6) is 0.870. The Balaban J connectivity index is 2.46. The van der Waals surface area contributed by atoms with E-state index in [9.17, 15) is 0 Å². The van der Waals surface area contributed by atoms with Crippen molar-refractivity contribution in [2.75, 3.05) is 7.11 Å². The summed E-state index contributed by atoms with van der Waals surface area (Å²) in [4.78, 5) is 6.83. The molecule has 0 bridgehead atoms. The van der Waals surface area contributed by atoms with Gasteiger partial charge in [-0.2, -0.15) is 0 Å². The van der Waals surface area contributed by atoms with Crippen molar-refractivity contribution in [1.82, 2.24) is 9.97 Å². The van der Waals surface area contributed by atoms with Gasteiger partial charge in [0.1, 0.15) is 5.75 Å². The minimum Gasteiger partial charge on any atom is -0.497 e. The highest BCUT2D eigenvalue weighted by Crippen LogP contribution is 2.24. The topological polar surface area (TPSA) is 37.9 Å². The van der Waals surface area contributed by atoms with Crippen LogP contribution in [0.3, 0.4) is 0 Å². The zero-order valence-electron chi connectivity index (χ0n) is 8.16. The van der Waals surface area contributed by atoms with Gasteiger partial charge in [-0.15, -0.1) is 0 Å². The first-order valence-corrected chi connectivity index (χ1v) is 4.37. The van der Waals surface area contributed by atoms with Crippen LogP contribution < -0.4 is 4.74 Å². The van der Waals surface area contributed by atoms with Crippen molar-refractivity contribution in [2.45, 2.75) is 6.92 Å². The lowest BCUT2D eigenvalue weighted by Gasteiger charge is -2.05. The van der Waals surface area contributed by atoms with Crippen molar-refractivity contribution in [3.8, 4) is 17.0 Å². The van der Waals surface area contributed by atoms with Crippen molar-refractivity contribution in [2.24, 2.45) is 0 Å². The summed E-state index contributed by atoms with van der Waals surface area (Å²) in [7, 11) is 1.67. The van der Waals surface area contributed by atoms with Crippen LogP contribution in [0.25, 0.3) is 11.3 Å². The predicted molar refractivity (Wildman–Crippen MR) is 54.1 cm³/mol. The number of ether oxygens (including phenoxy) is 1. The second-order valence-corrected chi connectivity index (χ2v) is 3.09. The number of imidazole rings is 1. The molecule has 1 radical (unpaired) electrons. The minimum atomic E-state index is 0.870. The van der Waals surface area contributed by atoms with Gasteiger partial charge in [-0.25, -0.2) is 4.98 Å². The van der Waals surface area contributed by atoms with Crippen LogP contribution in [0.4, 0.5) is 0 Å². The summed E-state index contributed by atoms with van der Waals surface area (Å²) >= 11 is 0. The normalized spacial score (nSPS) is 10.1. The molecular formula is C11H11N2O. The van der Waals surface area contributed by atoms with E-state index in [0.29, 0.717) is 0 Å². The van der Waals surface area contributed by atoms with E-state index < -0.39 is 0 Å². The largest absolute Gasteiger partial charge is 0.497 e. The summed E-state index contributed by atoms with van der Waals surface area (Å²) in [6.07, 6.45) is 4.44. The van der Waals surface area contributed by atoms with Gasteiger partial charge in [0.25, 0.3) is 0 Å². The quantitative estimate of drug-likeness (QED) is 0.782. The number of hydrogen-bond donors (Lipinski definition) is 1. The molecule has 71 valence electrons. The third-order valence-corrected chi connectivity index (χ3v) is 2.17. The first-order valence-electron chi connectivity index (χ1n) is 4.37.